The SMILES string of the molecule is C=C(CC)C(=O)Oc1cc2cc([N+](=O)[O-])ccc2o1. The number of rotatable bonds is 4. The molecule has 6 heteroatoms. The number of esters is 1. The molecule has 0 bridgehead atoms. The Balaban J connectivity index is 2.29. The smallest absolute Gasteiger partial charge is 0.341 e. The lowest BCUT2D eigenvalue weighted by atomic mass is 10.2. The maximum absolute atomic E-state index is 11.5. The van der Waals surface area contributed by atoms with E-state index in [2.05, 4.69) is 6.58 Å². The summed E-state index contributed by atoms with van der Waals surface area (Å²) < 4.78 is 10.2. The quantitative estimate of drug-likeness (QED) is 0.365. The summed E-state index contributed by atoms with van der Waals surface area (Å²) in [5.74, 6) is -0.578. The van der Waals surface area contributed by atoms with E-state index in [1.165, 1.54) is 24.3 Å². The van der Waals surface area contributed by atoms with Crippen molar-refractivity contribution in [3.8, 4) is 5.95 Å². The first-order chi connectivity index (χ1) is 9.01. The molecule has 0 aliphatic rings. The molecule has 0 spiro atoms. The molecule has 0 saturated heterocycles. The van der Waals surface area contributed by atoms with Crippen LogP contribution in [-0.4, -0.2) is 10.9 Å². The number of non-ortho nitro benzene ring substituents is 1. The Morgan fingerprint density at radius 2 is 2.21 bits per heavy atom. The summed E-state index contributed by atoms with van der Waals surface area (Å²) in [6.45, 7) is 5.34. The van der Waals surface area contributed by atoms with Crippen LogP contribution in [0.15, 0.2) is 40.8 Å². The van der Waals surface area contributed by atoms with Gasteiger partial charge < -0.3 is 9.15 Å². The van der Waals surface area contributed by atoms with Gasteiger partial charge in [0.2, 0.25) is 0 Å². The minimum absolute atomic E-state index is 0.00454. The number of carbonyl (C=O) groups excluding carboxylic acids is 1. The average Bonchev–Trinajstić information content (AvgIpc) is 2.78. The van der Waals surface area contributed by atoms with Crippen molar-refractivity contribution < 1.29 is 18.9 Å². The average molecular weight is 261 g/mol. The van der Waals surface area contributed by atoms with Gasteiger partial charge in [0.1, 0.15) is 5.58 Å². The largest absolute Gasteiger partial charge is 0.425 e. The lowest BCUT2D eigenvalue weighted by Gasteiger charge is -2.00. The van der Waals surface area contributed by atoms with Gasteiger partial charge in [0.15, 0.2) is 0 Å². The minimum Gasteiger partial charge on any atom is -0.425 e. The Labute approximate surface area is 108 Å². The molecule has 0 aliphatic carbocycles. The monoisotopic (exact) mass is 261 g/mol. The van der Waals surface area contributed by atoms with Gasteiger partial charge in [0, 0.05) is 29.2 Å². The molecule has 1 heterocycles. The highest BCUT2D eigenvalue weighted by Gasteiger charge is 2.14. The molecule has 1 aromatic carbocycles. The van der Waals surface area contributed by atoms with Crippen molar-refractivity contribution in [2.24, 2.45) is 0 Å². The van der Waals surface area contributed by atoms with Crippen LogP contribution in [0.25, 0.3) is 11.0 Å². The molecule has 0 radical (unpaired) electrons. The van der Waals surface area contributed by atoms with Gasteiger partial charge in [-0.25, -0.2) is 4.79 Å². The second kappa shape index (κ2) is 4.93. The van der Waals surface area contributed by atoms with Crippen LogP contribution >= 0.6 is 0 Å². The van der Waals surface area contributed by atoms with Crippen molar-refractivity contribution in [3.05, 3.63) is 46.5 Å². The van der Waals surface area contributed by atoms with Crippen molar-refractivity contribution in [2.75, 3.05) is 0 Å². The number of fused-ring (bicyclic) bond motifs is 1. The Hall–Kier alpha value is -2.63. The van der Waals surface area contributed by atoms with Gasteiger partial charge in [-0.15, -0.1) is 0 Å². The van der Waals surface area contributed by atoms with Crippen molar-refractivity contribution in [3.63, 3.8) is 0 Å². The van der Waals surface area contributed by atoms with Crippen molar-refractivity contribution in [1.82, 2.24) is 0 Å². The van der Waals surface area contributed by atoms with Gasteiger partial charge in [-0.2, -0.15) is 0 Å². The third kappa shape index (κ3) is 2.62. The predicted molar refractivity (Wildman–Crippen MR) is 67.9 cm³/mol. The summed E-state index contributed by atoms with van der Waals surface area (Å²) in [5.41, 5.74) is 0.686. The summed E-state index contributed by atoms with van der Waals surface area (Å²) in [6.07, 6.45) is 0.477. The van der Waals surface area contributed by atoms with Crippen LogP contribution in [-0.2, 0) is 4.79 Å². The molecule has 19 heavy (non-hydrogen) atoms. The van der Waals surface area contributed by atoms with E-state index in [1.54, 1.807) is 6.92 Å². The standard InChI is InChI=1S/C13H11NO5/c1-3-8(2)13(15)19-12-7-9-6-10(14(16)17)4-5-11(9)18-12/h4-7H,2-3H2,1H3. The molecule has 0 N–H and O–H groups in total. The van der Waals surface area contributed by atoms with Crippen LogP contribution in [0.4, 0.5) is 5.69 Å². The maximum Gasteiger partial charge on any atom is 0.341 e. The van der Waals surface area contributed by atoms with Gasteiger partial charge in [0.05, 0.1) is 4.92 Å². The number of furan rings is 1. The fourth-order valence-corrected chi connectivity index (χ4v) is 1.48. The van der Waals surface area contributed by atoms with Gasteiger partial charge in [0.25, 0.3) is 11.6 Å². The first kappa shape index (κ1) is 12.8. The van der Waals surface area contributed by atoms with Crippen LogP contribution < -0.4 is 4.74 Å². The molecule has 0 aliphatic heterocycles. The molecule has 1 aromatic heterocycles. The summed E-state index contributed by atoms with van der Waals surface area (Å²) in [6, 6.07) is 5.57. The van der Waals surface area contributed by atoms with Crippen LogP contribution in [0.2, 0.25) is 0 Å². The van der Waals surface area contributed by atoms with Gasteiger partial charge in [-0.1, -0.05) is 13.5 Å². The molecule has 0 amide bonds. The van der Waals surface area contributed by atoms with E-state index in [0.717, 1.165) is 0 Å². The Kier molecular flexibility index (Phi) is 3.33. The summed E-state index contributed by atoms with van der Waals surface area (Å²) in [4.78, 5) is 21.6. The molecule has 0 unspecified atom stereocenters. The summed E-state index contributed by atoms with van der Waals surface area (Å²) >= 11 is 0. The molecule has 98 valence electrons. The molecule has 2 rings (SSSR count). The molecule has 0 fully saturated rings. The Morgan fingerprint density at radius 1 is 1.47 bits per heavy atom. The van der Waals surface area contributed by atoms with Gasteiger partial charge in [-0.05, 0) is 12.5 Å². The highest BCUT2D eigenvalue weighted by atomic mass is 16.6. The van der Waals surface area contributed by atoms with E-state index in [0.29, 0.717) is 23.0 Å². The Morgan fingerprint density at radius 3 is 2.84 bits per heavy atom. The number of hydrogen-bond acceptors (Lipinski definition) is 5. The number of nitrogens with zero attached hydrogens (tertiary/aromatic N) is 1. The number of nitro groups is 1. The van der Waals surface area contributed by atoms with Gasteiger partial charge in [-0.3, -0.25) is 10.1 Å². The zero-order valence-electron chi connectivity index (χ0n) is 10.2. The van der Waals surface area contributed by atoms with E-state index in [1.807, 2.05) is 0 Å². The first-order valence-electron chi connectivity index (χ1n) is 5.59. The number of benzene rings is 1. The lowest BCUT2D eigenvalue weighted by Crippen LogP contribution is -2.09. The first-order valence-corrected chi connectivity index (χ1v) is 5.59. The molecular weight excluding hydrogens is 250 g/mol. The van der Waals surface area contributed by atoms with Crippen LogP contribution in [0.3, 0.4) is 0 Å². The highest BCUT2D eigenvalue weighted by Crippen LogP contribution is 2.28. The topological polar surface area (TPSA) is 82.6 Å². The normalized spacial score (nSPS) is 10.4. The highest BCUT2D eigenvalue weighted by molar-refractivity contribution is 5.90. The van der Waals surface area contributed by atoms with E-state index in [9.17, 15) is 14.9 Å². The maximum atomic E-state index is 11.5. The minimum atomic E-state index is -0.573. The third-order valence-corrected chi connectivity index (χ3v) is 2.60. The van der Waals surface area contributed by atoms with Crippen molar-refractivity contribution >= 4 is 22.6 Å². The van der Waals surface area contributed by atoms with E-state index in [-0.39, 0.29) is 11.6 Å². The van der Waals surface area contributed by atoms with Crippen LogP contribution in [0, 0.1) is 10.1 Å². The second-order valence-electron chi connectivity index (χ2n) is 3.89. The molecule has 2 aromatic rings. The molecular formula is C13H11NO5. The summed E-state index contributed by atoms with van der Waals surface area (Å²) in [5, 5.41) is 11.1. The number of carbonyl (C=O) groups is 1. The zero-order chi connectivity index (χ0) is 14.0. The third-order valence-electron chi connectivity index (χ3n) is 2.60. The van der Waals surface area contributed by atoms with E-state index < -0.39 is 10.9 Å². The van der Waals surface area contributed by atoms with Crippen LogP contribution in [0.5, 0.6) is 5.95 Å². The number of ether oxygens (including phenoxy) is 1. The number of hydrogen-bond donors (Lipinski definition) is 0. The Bertz CT molecular complexity index is 671. The number of nitro benzene ring substituents is 1. The predicted octanol–water partition coefficient (Wildman–Crippen LogP) is 3.21. The molecule has 0 saturated carbocycles. The lowest BCUT2D eigenvalue weighted by molar-refractivity contribution is -0.384. The van der Waals surface area contributed by atoms with E-state index >= 15 is 0 Å². The zero-order valence-corrected chi connectivity index (χ0v) is 10.2. The molecule has 6 nitrogen and oxygen atoms in total. The molecule has 0 atom stereocenters. The van der Waals surface area contributed by atoms with Crippen molar-refractivity contribution in [1.29, 1.82) is 0 Å². The van der Waals surface area contributed by atoms with Crippen LogP contribution in [0.1, 0.15) is 13.3 Å². The van der Waals surface area contributed by atoms with Gasteiger partial charge >= 0.3 is 5.97 Å². The fourth-order valence-electron chi connectivity index (χ4n) is 1.48. The fraction of sp³-hybridized carbons (Fsp3) is 0.154. The second-order valence-corrected chi connectivity index (χ2v) is 3.89. The summed E-state index contributed by atoms with van der Waals surface area (Å²) in [7, 11) is 0. The van der Waals surface area contributed by atoms with Crippen molar-refractivity contribution in [2.45, 2.75) is 13.3 Å². The van der Waals surface area contributed by atoms with E-state index in [4.69, 9.17) is 9.15 Å².